The van der Waals surface area contributed by atoms with E-state index in [9.17, 15) is 14.4 Å². The fourth-order valence-electron chi connectivity index (χ4n) is 5.02. The molecule has 2 amide bonds. The number of amides is 2. The summed E-state index contributed by atoms with van der Waals surface area (Å²) < 4.78 is 12.9. The summed E-state index contributed by atoms with van der Waals surface area (Å²) in [6.07, 6.45) is 0. The molecule has 2 aliphatic rings. The van der Waals surface area contributed by atoms with E-state index in [1.165, 1.54) is 4.57 Å². The van der Waals surface area contributed by atoms with Gasteiger partial charge in [-0.1, -0.05) is 29.5 Å². The fourth-order valence-corrected chi connectivity index (χ4v) is 6.16. The van der Waals surface area contributed by atoms with Crippen LogP contribution in [0.5, 0.6) is 11.5 Å². The third kappa shape index (κ3) is 3.92. The average molecular weight is 533 g/mol. The molecular weight excluding hydrogens is 504 g/mol. The lowest BCUT2D eigenvalue weighted by Gasteiger charge is -2.30. The van der Waals surface area contributed by atoms with Crippen molar-refractivity contribution in [3.05, 3.63) is 84.5 Å². The molecule has 0 saturated heterocycles. The van der Waals surface area contributed by atoms with Crippen LogP contribution in [0, 0.1) is 0 Å². The lowest BCUT2D eigenvalue weighted by molar-refractivity contribution is -0.127. The van der Waals surface area contributed by atoms with Gasteiger partial charge >= 0.3 is 0 Å². The summed E-state index contributed by atoms with van der Waals surface area (Å²) in [6.45, 7) is 6.59. The first-order valence-corrected chi connectivity index (χ1v) is 13.1. The predicted molar refractivity (Wildman–Crippen MR) is 145 cm³/mol. The van der Waals surface area contributed by atoms with Gasteiger partial charge < -0.3 is 19.7 Å². The summed E-state index contributed by atoms with van der Waals surface area (Å²) in [5.74, 6) is 0.492. The van der Waals surface area contributed by atoms with Crippen molar-refractivity contribution >= 4 is 34.4 Å². The number of fused-ring (bicyclic) bond motifs is 2. The number of nitrogens with zero attached hydrogens (tertiary/aromatic N) is 3. The number of carbonyl (C=O) groups is 2. The number of carbonyl (C=O) groups excluding carboxylic acids is 2. The van der Waals surface area contributed by atoms with E-state index in [4.69, 9.17) is 14.5 Å². The fraction of sp³-hybridized carbons (Fsp3) is 0.286. The molecule has 196 valence electrons. The molecule has 1 N–H and O–H groups in total. The topological polar surface area (TPSA) is 102 Å². The Morgan fingerprint density at radius 3 is 2.53 bits per heavy atom. The zero-order chi connectivity index (χ0) is 27.1. The number of ether oxygens (including phenoxy) is 2. The second-order valence-electron chi connectivity index (χ2n) is 8.86. The monoisotopic (exact) mass is 532 g/mol. The van der Waals surface area contributed by atoms with Crippen LogP contribution in [0.25, 0.3) is 5.57 Å². The molecule has 0 radical (unpaired) electrons. The number of aromatic nitrogens is 1. The summed E-state index contributed by atoms with van der Waals surface area (Å²) in [5.41, 5.74) is 2.68. The van der Waals surface area contributed by atoms with Crippen LogP contribution in [0.2, 0.25) is 0 Å². The van der Waals surface area contributed by atoms with Crippen LogP contribution in [0.15, 0.2) is 63.5 Å². The maximum absolute atomic E-state index is 14.2. The van der Waals surface area contributed by atoms with Crippen LogP contribution < -0.4 is 29.7 Å². The quantitative estimate of drug-likeness (QED) is 0.526. The van der Waals surface area contributed by atoms with Crippen molar-refractivity contribution in [1.29, 1.82) is 0 Å². The van der Waals surface area contributed by atoms with Crippen molar-refractivity contribution in [2.24, 2.45) is 4.99 Å². The van der Waals surface area contributed by atoms with Crippen LogP contribution in [0.3, 0.4) is 0 Å². The molecule has 9 nitrogen and oxygen atoms in total. The Balaban J connectivity index is 1.86. The maximum Gasteiger partial charge on any atom is 0.271 e. The van der Waals surface area contributed by atoms with Gasteiger partial charge in [-0.05, 0) is 45.0 Å². The lowest BCUT2D eigenvalue weighted by atomic mass is 9.93. The summed E-state index contributed by atoms with van der Waals surface area (Å²) in [7, 11) is 3.09. The number of likely N-dealkylation sites (N-methyl/N-ethyl adjacent to an activating group) is 1. The van der Waals surface area contributed by atoms with Gasteiger partial charge in [-0.15, -0.1) is 0 Å². The maximum atomic E-state index is 14.2. The van der Waals surface area contributed by atoms with E-state index >= 15 is 0 Å². The highest BCUT2D eigenvalue weighted by molar-refractivity contribution is 7.07. The molecule has 0 fully saturated rings. The van der Waals surface area contributed by atoms with E-state index in [1.807, 2.05) is 32.0 Å². The number of rotatable bonds is 6. The van der Waals surface area contributed by atoms with E-state index < -0.39 is 11.6 Å². The van der Waals surface area contributed by atoms with Gasteiger partial charge in [0.05, 0.1) is 31.1 Å². The number of hydrogen-bond donors (Lipinski definition) is 1. The number of thiazole rings is 1. The zero-order valence-electron chi connectivity index (χ0n) is 21.8. The largest absolute Gasteiger partial charge is 0.497 e. The number of methoxy groups -OCH3 is 2. The predicted octanol–water partition coefficient (Wildman–Crippen LogP) is 2.44. The third-order valence-electron chi connectivity index (χ3n) is 6.91. The molecule has 10 heteroatoms. The summed E-state index contributed by atoms with van der Waals surface area (Å²) in [4.78, 5) is 47.8. The Hall–Kier alpha value is -4.18. The summed E-state index contributed by atoms with van der Waals surface area (Å²) >= 11 is 1.14. The van der Waals surface area contributed by atoms with Crippen LogP contribution >= 0.6 is 11.3 Å². The van der Waals surface area contributed by atoms with E-state index in [-0.39, 0.29) is 16.3 Å². The minimum atomic E-state index is -0.835. The molecule has 0 saturated carbocycles. The minimum Gasteiger partial charge on any atom is -0.497 e. The van der Waals surface area contributed by atoms with Crippen molar-refractivity contribution in [1.82, 2.24) is 9.47 Å². The molecule has 0 aliphatic carbocycles. The highest BCUT2D eigenvalue weighted by Gasteiger charge is 2.37. The molecule has 3 aromatic rings. The standard InChI is InChI=1S/C28H28N4O5S/c1-6-31(7-2)26(34)21-15(3)29-28-32(23(21)18-14-16(36-4)12-13-20(18)37-5)27(35)24(38-28)22-17-10-8-9-11-19(17)30-25(22)33/h8-14,23H,6-7H2,1-5H3,(H,30,33)/b24-22+. The number of hydrogen-bond acceptors (Lipinski definition) is 7. The van der Waals surface area contributed by atoms with Gasteiger partial charge in [0.25, 0.3) is 17.4 Å². The van der Waals surface area contributed by atoms with E-state index in [1.54, 1.807) is 50.3 Å². The SMILES string of the molecule is CCN(CC)C(=O)C1=C(C)N=c2s/c(=C3/C(=O)Nc4ccccc43)c(=O)n2C1c1cc(OC)ccc1OC. The second-order valence-corrected chi connectivity index (χ2v) is 9.84. The Morgan fingerprint density at radius 1 is 1.11 bits per heavy atom. The summed E-state index contributed by atoms with van der Waals surface area (Å²) in [6, 6.07) is 11.7. The number of allylic oxidation sites excluding steroid dienone is 1. The number of anilines is 1. The van der Waals surface area contributed by atoms with Gasteiger partial charge in [-0.2, -0.15) is 0 Å². The first kappa shape index (κ1) is 25.5. The van der Waals surface area contributed by atoms with Gasteiger partial charge in [0, 0.05) is 29.9 Å². The van der Waals surface area contributed by atoms with Crippen LogP contribution in [-0.2, 0) is 9.59 Å². The molecule has 1 aromatic heterocycles. The van der Waals surface area contributed by atoms with Crippen LogP contribution in [0.1, 0.15) is 37.9 Å². The number of benzene rings is 2. The van der Waals surface area contributed by atoms with E-state index in [2.05, 4.69) is 5.32 Å². The highest BCUT2D eigenvalue weighted by atomic mass is 32.1. The molecule has 38 heavy (non-hydrogen) atoms. The van der Waals surface area contributed by atoms with Gasteiger partial charge in [-0.3, -0.25) is 19.0 Å². The Kier molecular flexibility index (Phi) is 6.66. The van der Waals surface area contributed by atoms with Crippen molar-refractivity contribution in [3.63, 3.8) is 0 Å². The molecular formula is C28H28N4O5S. The highest BCUT2D eigenvalue weighted by Crippen LogP contribution is 2.38. The number of para-hydroxylation sites is 1. The Labute approximate surface area is 223 Å². The van der Waals surface area contributed by atoms with Crippen molar-refractivity contribution in [3.8, 4) is 11.5 Å². The van der Waals surface area contributed by atoms with Gasteiger partial charge in [0.2, 0.25) is 0 Å². The summed E-state index contributed by atoms with van der Waals surface area (Å²) in [5, 5.41) is 2.84. The molecule has 3 heterocycles. The molecule has 2 aliphatic heterocycles. The first-order chi connectivity index (χ1) is 18.3. The average Bonchev–Trinajstić information content (AvgIpc) is 3.42. The zero-order valence-corrected chi connectivity index (χ0v) is 22.6. The van der Waals surface area contributed by atoms with Crippen LogP contribution in [-0.4, -0.2) is 48.6 Å². The smallest absolute Gasteiger partial charge is 0.271 e. The van der Waals surface area contributed by atoms with E-state index in [0.29, 0.717) is 63.0 Å². The van der Waals surface area contributed by atoms with Gasteiger partial charge in [0.1, 0.15) is 22.1 Å². The molecule has 0 bridgehead atoms. The lowest BCUT2D eigenvalue weighted by Crippen LogP contribution is -2.43. The number of nitrogens with one attached hydrogen (secondary N) is 1. The normalized spacial score (nSPS) is 17.4. The Morgan fingerprint density at radius 2 is 1.84 bits per heavy atom. The van der Waals surface area contributed by atoms with Crippen molar-refractivity contribution in [2.75, 3.05) is 32.6 Å². The molecule has 0 spiro atoms. The first-order valence-electron chi connectivity index (χ1n) is 12.3. The van der Waals surface area contributed by atoms with Gasteiger partial charge in [0.15, 0.2) is 4.80 Å². The molecule has 1 atom stereocenters. The second kappa shape index (κ2) is 9.94. The third-order valence-corrected chi connectivity index (χ3v) is 7.96. The van der Waals surface area contributed by atoms with E-state index in [0.717, 1.165) is 11.3 Å². The van der Waals surface area contributed by atoms with Gasteiger partial charge in [-0.25, -0.2) is 4.99 Å². The molecule has 2 aromatic carbocycles. The Bertz CT molecular complexity index is 1680. The molecule has 1 unspecified atom stereocenters. The minimum absolute atomic E-state index is 0.215. The van der Waals surface area contributed by atoms with Crippen molar-refractivity contribution in [2.45, 2.75) is 26.8 Å². The molecule has 5 rings (SSSR count). The van der Waals surface area contributed by atoms with Crippen LogP contribution in [0.4, 0.5) is 5.69 Å². The van der Waals surface area contributed by atoms with Crippen molar-refractivity contribution < 1.29 is 19.1 Å².